The van der Waals surface area contributed by atoms with Crippen LogP contribution >= 0.6 is 46.4 Å². The van der Waals surface area contributed by atoms with Crippen LogP contribution in [0.15, 0.2) is 95.6 Å². The first kappa shape index (κ1) is 34.0. The Morgan fingerprint density at radius 1 is 0.660 bits per heavy atom. The average Bonchev–Trinajstić information content (AvgIpc) is 3.38. The van der Waals surface area contributed by atoms with Crippen LogP contribution in [0, 0.1) is 20.2 Å². The molecule has 0 saturated carbocycles. The summed E-state index contributed by atoms with van der Waals surface area (Å²) in [6.45, 7) is 0. The fourth-order valence-corrected chi connectivity index (χ4v) is 5.68. The van der Waals surface area contributed by atoms with Gasteiger partial charge in [0.05, 0.1) is 41.3 Å². The van der Waals surface area contributed by atoms with Gasteiger partial charge in [-0.15, -0.1) is 0 Å². The highest BCUT2D eigenvalue weighted by molar-refractivity contribution is 6.40. The summed E-state index contributed by atoms with van der Waals surface area (Å²) >= 11 is 25.3. The van der Waals surface area contributed by atoms with Gasteiger partial charge in [-0.1, -0.05) is 107 Å². The molecular weight excluding hydrogens is 734 g/mol. The van der Waals surface area contributed by atoms with Crippen molar-refractivity contribution in [3.05, 3.63) is 142 Å². The van der Waals surface area contributed by atoms with Crippen LogP contribution in [0.4, 0.5) is 40.6 Å². The molecule has 19 heteroatoms. The molecule has 1 aliphatic rings. The van der Waals surface area contributed by atoms with Gasteiger partial charge in [0, 0.05) is 29.8 Å². The number of amides is 1. The van der Waals surface area contributed by atoms with E-state index in [1.165, 1.54) is 0 Å². The van der Waals surface area contributed by atoms with E-state index >= 15 is 0 Å². The Morgan fingerprint density at radius 3 is 1.56 bits per heavy atom. The number of anilines is 5. The number of non-ortho nitro benzene ring substituents is 2. The van der Waals surface area contributed by atoms with Crippen LogP contribution in [-0.4, -0.2) is 41.6 Å². The van der Waals surface area contributed by atoms with E-state index in [1.807, 2.05) is 36.4 Å². The Kier molecular flexibility index (Phi) is 9.74. The number of hydrogen-bond donors (Lipinski definition) is 3. The van der Waals surface area contributed by atoms with Crippen LogP contribution < -0.4 is 16.1 Å². The first-order valence-corrected chi connectivity index (χ1v) is 15.6. The van der Waals surface area contributed by atoms with Gasteiger partial charge >= 0.3 is 0 Å². The molecule has 0 unspecified atom stereocenters. The topological polar surface area (TPSA) is 194 Å². The van der Waals surface area contributed by atoms with Crippen molar-refractivity contribution < 1.29 is 14.6 Å². The molecule has 2 heterocycles. The van der Waals surface area contributed by atoms with Gasteiger partial charge in [0.25, 0.3) is 17.3 Å². The van der Waals surface area contributed by atoms with Crippen molar-refractivity contribution in [1.29, 1.82) is 0 Å². The Bertz CT molecular complexity index is 2100. The molecule has 4 aromatic carbocycles. The maximum Gasteiger partial charge on any atom is 0.297 e. The summed E-state index contributed by atoms with van der Waals surface area (Å²) in [5.74, 6) is -0.945. The van der Waals surface area contributed by atoms with Gasteiger partial charge in [-0.25, -0.2) is 4.99 Å². The highest BCUT2D eigenvalue weighted by Crippen LogP contribution is 2.38. The number of nitro benzene ring substituents is 2. The minimum atomic E-state index is -0.661. The molecule has 0 saturated heterocycles. The van der Waals surface area contributed by atoms with Crippen molar-refractivity contribution in [1.82, 2.24) is 20.0 Å². The molecular formula is C31H18Cl4N10O5. The summed E-state index contributed by atoms with van der Waals surface area (Å²) in [5.41, 5.74) is 3.64. The lowest BCUT2D eigenvalue weighted by Gasteiger charge is -2.20. The standard InChI is InChI=1S/C31H18Cl4N10O5/c32-20-12-18(44(47)48)13-21(33)25(20)37-29-39-30(38-26-22(34)14-19(45(49)50)15-23(26)35)41-31(40-29)42-43-27(17-9-5-2-6-10-17)36-24(28(43)46)11-16-7-3-1-4-8-16/h1-15H,(H3,37,38,39,40,41,42). The maximum absolute atomic E-state index is 13.8. The van der Waals surface area contributed by atoms with Crippen LogP contribution in [-0.2, 0) is 4.79 Å². The Balaban J connectivity index is 1.42. The second kappa shape index (κ2) is 14.3. The summed E-state index contributed by atoms with van der Waals surface area (Å²) < 4.78 is 0. The minimum absolute atomic E-state index is 0.0188. The number of benzene rings is 4. The van der Waals surface area contributed by atoms with Crippen molar-refractivity contribution >= 4 is 105 Å². The first-order chi connectivity index (χ1) is 24.0. The Labute approximate surface area is 301 Å². The second-order valence-corrected chi connectivity index (χ2v) is 11.8. The molecule has 5 aromatic rings. The molecule has 0 aliphatic carbocycles. The molecule has 1 aliphatic heterocycles. The number of aromatic nitrogens is 3. The average molecular weight is 752 g/mol. The number of hydrogen-bond acceptors (Lipinski definition) is 12. The quantitative estimate of drug-likeness (QED) is 0.0704. The zero-order valence-corrected chi connectivity index (χ0v) is 27.9. The van der Waals surface area contributed by atoms with E-state index in [0.717, 1.165) is 34.8 Å². The molecule has 0 fully saturated rings. The summed E-state index contributed by atoms with van der Waals surface area (Å²) in [6.07, 6.45) is 1.62. The molecule has 0 atom stereocenters. The van der Waals surface area contributed by atoms with Gasteiger partial charge in [-0.2, -0.15) is 20.0 Å². The van der Waals surface area contributed by atoms with Gasteiger partial charge in [0.2, 0.25) is 17.8 Å². The second-order valence-electron chi connectivity index (χ2n) is 10.1. The molecule has 50 heavy (non-hydrogen) atoms. The van der Waals surface area contributed by atoms with E-state index in [0.29, 0.717) is 5.56 Å². The molecule has 1 aromatic heterocycles. The molecule has 1 amide bonds. The Hall–Kier alpha value is -5.87. The van der Waals surface area contributed by atoms with Gasteiger partial charge in [-0.3, -0.25) is 30.4 Å². The molecule has 0 spiro atoms. The van der Waals surface area contributed by atoms with E-state index in [2.05, 4.69) is 36.0 Å². The van der Waals surface area contributed by atoms with Gasteiger partial charge in [-0.05, 0) is 11.6 Å². The van der Waals surface area contributed by atoms with Crippen LogP contribution in [0.25, 0.3) is 6.08 Å². The lowest BCUT2D eigenvalue weighted by molar-refractivity contribution is -0.385. The van der Waals surface area contributed by atoms with E-state index in [-0.39, 0.29) is 72.2 Å². The summed E-state index contributed by atoms with van der Waals surface area (Å²) in [4.78, 5) is 52.7. The number of nitro groups is 2. The van der Waals surface area contributed by atoms with Crippen LogP contribution in [0.1, 0.15) is 11.1 Å². The zero-order valence-electron chi connectivity index (χ0n) is 24.8. The normalized spacial score (nSPS) is 13.3. The molecule has 6 rings (SSSR count). The summed E-state index contributed by atoms with van der Waals surface area (Å²) in [6, 6.07) is 22.3. The van der Waals surface area contributed by atoms with Gasteiger partial charge in [0.1, 0.15) is 5.70 Å². The van der Waals surface area contributed by atoms with Crippen molar-refractivity contribution in [2.45, 2.75) is 0 Å². The first-order valence-electron chi connectivity index (χ1n) is 14.1. The fourth-order valence-electron chi connectivity index (χ4n) is 4.54. The molecule has 15 nitrogen and oxygen atoms in total. The minimum Gasteiger partial charge on any atom is -0.321 e. The number of nitrogens with one attached hydrogen (secondary N) is 3. The van der Waals surface area contributed by atoms with E-state index in [9.17, 15) is 25.0 Å². The summed E-state index contributed by atoms with van der Waals surface area (Å²) in [5, 5.41) is 28.9. The molecule has 3 N–H and O–H groups in total. The number of halogens is 4. The summed E-state index contributed by atoms with van der Waals surface area (Å²) in [7, 11) is 0. The number of hydrazine groups is 1. The van der Waals surface area contributed by atoms with Crippen molar-refractivity contribution in [3.63, 3.8) is 0 Å². The molecule has 0 bridgehead atoms. The maximum atomic E-state index is 13.8. The highest BCUT2D eigenvalue weighted by atomic mass is 35.5. The van der Waals surface area contributed by atoms with Gasteiger partial charge < -0.3 is 10.6 Å². The van der Waals surface area contributed by atoms with Crippen LogP contribution in [0.2, 0.25) is 20.1 Å². The van der Waals surface area contributed by atoms with Gasteiger partial charge in [0.15, 0.2) is 5.84 Å². The third kappa shape index (κ3) is 7.40. The number of carbonyl (C=O) groups is 1. The number of aliphatic imine (C=N–C) groups is 1. The van der Waals surface area contributed by atoms with E-state index in [1.54, 1.807) is 30.3 Å². The number of carbonyl (C=O) groups excluding carboxylic acids is 1. The van der Waals surface area contributed by atoms with Crippen molar-refractivity contribution in [3.8, 4) is 0 Å². The number of amidine groups is 1. The third-order valence-electron chi connectivity index (χ3n) is 6.79. The predicted molar refractivity (Wildman–Crippen MR) is 190 cm³/mol. The number of rotatable bonds is 10. The fraction of sp³-hybridized carbons (Fsp3) is 0. The van der Waals surface area contributed by atoms with E-state index < -0.39 is 15.8 Å². The van der Waals surface area contributed by atoms with Crippen LogP contribution in [0.3, 0.4) is 0 Å². The highest BCUT2D eigenvalue weighted by Gasteiger charge is 2.32. The molecule has 0 radical (unpaired) electrons. The lowest BCUT2D eigenvalue weighted by Crippen LogP contribution is -2.38. The largest absolute Gasteiger partial charge is 0.321 e. The van der Waals surface area contributed by atoms with Crippen molar-refractivity contribution in [2.24, 2.45) is 4.99 Å². The SMILES string of the molecule is O=C1C(=Cc2ccccc2)N=C(c2ccccc2)N1Nc1nc(Nc2c(Cl)cc([N+](=O)[O-])cc2Cl)nc(Nc2c(Cl)cc([N+](=O)[O-])cc2Cl)n1. The van der Waals surface area contributed by atoms with Crippen molar-refractivity contribution in [2.75, 3.05) is 16.1 Å². The molecule has 250 valence electrons. The number of nitrogens with zero attached hydrogens (tertiary/aromatic N) is 7. The smallest absolute Gasteiger partial charge is 0.297 e. The predicted octanol–water partition coefficient (Wildman–Crippen LogP) is 8.45. The lowest BCUT2D eigenvalue weighted by atomic mass is 10.2. The zero-order chi connectivity index (χ0) is 35.5. The third-order valence-corrected chi connectivity index (χ3v) is 7.98. The van der Waals surface area contributed by atoms with E-state index in [4.69, 9.17) is 46.4 Å². The van der Waals surface area contributed by atoms with Crippen LogP contribution in [0.5, 0.6) is 0 Å². The Morgan fingerprint density at radius 2 is 1.10 bits per heavy atom. The monoisotopic (exact) mass is 750 g/mol.